The Hall–Kier alpha value is -0.860. The maximum Gasteiger partial charge on any atom is 0.173 e. The van der Waals surface area contributed by atoms with Gasteiger partial charge in [0.1, 0.15) is 0 Å². The van der Waals surface area contributed by atoms with Crippen molar-refractivity contribution in [3.8, 4) is 0 Å². The lowest BCUT2D eigenvalue weighted by molar-refractivity contribution is -0.181. The summed E-state index contributed by atoms with van der Waals surface area (Å²) >= 11 is 0. The average Bonchev–Trinajstić information content (AvgIpc) is 2.61. The third-order valence-corrected chi connectivity index (χ3v) is 4.15. The number of ether oxygens (including phenoxy) is 2. The van der Waals surface area contributed by atoms with Gasteiger partial charge in [0, 0.05) is 5.92 Å². The van der Waals surface area contributed by atoms with Crippen LogP contribution in [0.1, 0.15) is 59.4 Å². The standard InChI is InChI=1S/C18H28O2/c1-13-14(2)20-18(6,19-13)16(12-17(3,4)5)15-10-8-7-9-11-15/h7-11,13-14,16H,12H2,1-6H3. The Kier molecular flexibility index (Phi) is 4.27. The van der Waals surface area contributed by atoms with E-state index in [1.807, 2.05) is 0 Å². The van der Waals surface area contributed by atoms with Crippen LogP contribution in [0.5, 0.6) is 0 Å². The molecule has 0 radical (unpaired) electrons. The fourth-order valence-electron chi connectivity index (χ4n) is 3.03. The molecule has 0 bridgehead atoms. The molecule has 3 unspecified atom stereocenters. The molecule has 0 N–H and O–H groups in total. The van der Waals surface area contributed by atoms with Crippen molar-refractivity contribution in [2.45, 2.75) is 71.9 Å². The van der Waals surface area contributed by atoms with Crippen LogP contribution in [0, 0.1) is 5.41 Å². The highest BCUT2D eigenvalue weighted by Crippen LogP contribution is 2.45. The highest BCUT2D eigenvalue weighted by Gasteiger charge is 2.47. The van der Waals surface area contributed by atoms with Gasteiger partial charge in [-0.05, 0) is 38.2 Å². The van der Waals surface area contributed by atoms with Crippen LogP contribution in [0.25, 0.3) is 0 Å². The number of rotatable bonds is 3. The highest BCUT2D eigenvalue weighted by molar-refractivity contribution is 5.22. The summed E-state index contributed by atoms with van der Waals surface area (Å²) in [5.41, 5.74) is 1.52. The van der Waals surface area contributed by atoms with Crippen molar-refractivity contribution in [2.75, 3.05) is 0 Å². The van der Waals surface area contributed by atoms with E-state index in [4.69, 9.17) is 9.47 Å². The van der Waals surface area contributed by atoms with Crippen molar-refractivity contribution in [1.29, 1.82) is 0 Å². The minimum Gasteiger partial charge on any atom is -0.344 e. The van der Waals surface area contributed by atoms with Gasteiger partial charge in [-0.1, -0.05) is 51.1 Å². The molecule has 0 amide bonds. The van der Waals surface area contributed by atoms with Gasteiger partial charge < -0.3 is 9.47 Å². The first-order chi connectivity index (χ1) is 9.21. The molecule has 3 atom stereocenters. The largest absolute Gasteiger partial charge is 0.344 e. The number of benzene rings is 1. The molecular weight excluding hydrogens is 248 g/mol. The van der Waals surface area contributed by atoms with Gasteiger partial charge in [-0.25, -0.2) is 0 Å². The Morgan fingerprint density at radius 2 is 1.55 bits per heavy atom. The van der Waals surface area contributed by atoms with Gasteiger partial charge >= 0.3 is 0 Å². The summed E-state index contributed by atoms with van der Waals surface area (Å²) in [4.78, 5) is 0. The van der Waals surface area contributed by atoms with Gasteiger partial charge in [-0.3, -0.25) is 0 Å². The zero-order valence-electron chi connectivity index (χ0n) is 13.6. The van der Waals surface area contributed by atoms with Crippen LogP contribution in [-0.2, 0) is 9.47 Å². The summed E-state index contributed by atoms with van der Waals surface area (Å²) < 4.78 is 12.4. The fraction of sp³-hybridized carbons (Fsp3) is 0.667. The second-order valence-corrected chi connectivity index (χ2v) is 7.39. The van der Waals surface area contributed by atoms with Crippen LogP contribution in [0.3, 0.4) is 0 Å². The highest BCUT2D eigenvalue weighted by atomic mass is 16.8. The van der Waals surface area contributed by atoms with E-state index in [1.165, 1.54) is 5.56 Å². The van der Waals surface area contributed by atoms with E-state index in [9.17, 15) is 0 Å². The van der Waals surface area contributed by atoms with E-state index in [0.29, 0.717) is 0 Å². The SMILES string of the molecule is CC1OC(C)(C(CC(C)(C)C)c2ccccc2)OC1C. The summed E-state index contributed by atoms with van der Waals surface area (Å²) in [6.45, 7) is 13.1. The first-order valence-electron chi connectivity index (χ1n) is 7.62. The van der Waals surface area contributed by atoms with Gasteiger partial charge in [-0.2, -0.15) is 0 Å². The van der Waals surface area contributed by atoms with Gasteiger partial charge in [0.2, 0.25) is 0 Å². The Morgan fingerprint density at radius 3 is 2.00 bits per heavy atom. The van der Waals surface area contributed by atoms with E-state index >= 15 is 0 Å². The lowest BCUT2D eigenvalue weighted by Crippen LogP contribution is -2.37. The maximum absolute atomic E-state index is 6.20. The lowest BCUT2D eigenvalue weighted by atomic mass is 9.77. The van der Waals surface area contributed by atoms with E-state index in [2.05, 4.69) is 71.9 Å². The molecule has 1 aliphatic heterocycles. The summed E-state index contributed by atoms with van der Waals surface area (Å²) in [5.74, 6) is -0.288. The zero-order chi connectivity index (χ0) is 15.0. The predicted octanol–water partition coefficient (Wildman–Crippen LogP) is 4.75. The molecule has 1 aliphatic rings. The van der Waals surface area contributed by atoms with E-state index < -0.39 is 5.79 Å². The van der Waals surface area contributed by atoms with E-state index in [1.54, 1.807) is 0 Å². The Balaban J connectivity index is 2.32. The maximum atomic E-state index is 6.20. The average molecular weight is 276 g/mol. The van der Waals surface area contributed by atoms with Crippen LogP contribution < -0.4 is 0 Å². The van der Waals surface area contributed by atoms with Crippen molar-refractivity contribution >= 4 is 0 Å². The molecule has 0 aliphatic carbocycles. The summed E-state index contributed by atoms with van der Waals surface area (Å²) in [6.07, 6.45) is 1.32. The van der Waals surface area contributed by atoms with Crippen LogP contribution in [-0.4, -0.2) is 18.0 Å². The van der Waals surface area contributed by atoms with Crippen molar-refractivity contribution < 1.29 is 9.47 Å². The van der Waals surface area contributed by atoms with Crippen LogP contribution >= 0.6 is 0 Å². The Labute approximate surface area is 123 Å². The Morgan fingerprint density at radius 1 is 1.05 bits per heavy atom. The molecule has 2 rings (SSSR count). The third-order valence-electron chi connectivity index (χ3n) is 4.15. The van der Waals surface area contributed by atoms with E-state index in [-0.39, 0.29) is 23.5 Å². The number of hydrogen-bond acceptors (Lipinski definition) is 2. The summed E-state index contributed by atoms with van der Waals surface area (Å²) in [5, 5.41) is 0. The first kappa shape index (κ1) is 15.5. The molecule has 1 heterocycles. The molecule has 1 aromatic rings. The van der Waals surface area contributed by atoms with Crippen LogP contribution in [0.2, 0.25) is 0 Å². The van der Waals surface area contributed by atoms with Gasteiger partial charge in [0.05, 0.1) is 12.2 Å². The molecular formula is C18H28O2. The molecule has 1 saturated heterocycles. The van der Waals surface area contributed by atoms with Crippen molar-refractivity contribution in [1.82, 2.24) is 0 Å². The third kappa shape index (κ3) is 3.42. The first-order valence-corrected chi connectivity index (χ1v) is 7.62. The van der Waals surface area contributed by atoms with Crippen molar-refractivity contribution in [2.24, 2.45) is 5.41 Å². The molecule has 2 nitrogen and oxygen atoms in total. The molecule has 1 aromatic carbocycles. The smallest absolute Gasteiger partial charge is 0.173 e. The van der Waals surface area contributed by atoms with Crippen molar-refractivity contribution in [3.05, 3.63) is 35.9 Å². The quantitative estimate of drug-likeness (QED) is 0.793. The summed E-state index contributed by atoms with van der Waals surface area (Å²) in [6, 6.07) is 10.6. The molecule has 1 fully saturated rings. The minimum absolute atomic E-state index is 0.145. The lowest BCUT2D eigenvalue weighted by Gasteiger charge is -2.37. The predicted molar refractivity (Wildman–Crippen MR) is 82.8 cm³/mol. The number of hydrogen-bond donors (Lipinski definition) is 0. The Bertz CT molecular complexity index is 422. The molecule has 20 heavy (non-hydrogen) atoms. The molecule has 112 valence electrons. The minimum atomic E-state index is -0.534. The molecule has 0 saturated carbocycles. The summed E-state index contributed by atoms with van der Waals surface area (Å²) in [7, 11) is 0. The van der Waals surface area contributed by atoms with Crippen LogP contribution in [0.15, 0.2) is 30.3 Å². The van der Waals surface area contributed by atoms with Crippen molar-refractivity contribution in [3.63, 3.8) is 0 Å². The van der Waals surface area contributed by atoms with Gasteiger partial charge in [0.15, 0.2) is 5.79 Å². The zero-order valence-corrected chi connectivity index (χ0v) is 13.6. The van der Waals surface area contributed by atoms with Gasteiger partial charge in [-0.15, -0.1) is 0 Å². The topological polar surface area (TPSA) is 18.5 Å². The normalized spacial score (nSPS) is 32.3. The van der Waals surface area contributed by atoms with E-state index in [0.717, 1.165) is 6.42 Å². The molecule has 0 spiro atoms. The molecule has 0 aromatic heterocycles. The van der Waals surface area contributed by atoms with Gasteiger partial charge in [0.25, 0.3) is 0 Å². The second kappa shape index (κ2) is 5.50. The monoisotopic (exact) mass is 276 g/mol. The second-order valence-electron chi connectivity index (χ2n) is 7.39. The van der Waals surface area contributed by atoms with Crippen LogP contribution in [0.4, 0.5) is 0 Å². The molecule has 2 heteroatoms. The fourth-order valence-corrected chi connectivity index (χ4v) is 3.03.